The summed E-state index contributed by atoms with van der Waals surface area (Å²) in [5.41, 5.74) is 2.71. The minimum Gasteiger partial charge on any atom is -0.371 e. The maximum atomic E-state index is 6.15. The van der Waals surface area contributed by atoms with E-state index in [0.717, 1.165) is 18.1 Å². The highest BCUT2D eigenvalue weighted by molar-refractivity contribution is 6.30. The van der Waals surface area contributed by atoms with Crippen molar-refractivity contribution < 1.29 is 0 Å². The molecule has 0 radical (unpaired) electrons. The van der Waals surface area contributed by atoms with Crippen molar-refractivity contribution in [2.75, 3.05) is 24.5 Å². The fraction of sp³-hybridized carbons (Fsp3) is 0.625. The van der Waals surface area contributed by atoms with Gasteiger partial charge in [-0.05, 0) is 49.6 Å². The van der Waals surface area contributed by atoms with Gasteiger partial charge < -0.3 is 10.2 Å². The van der Waals surface area contributed by atoms with E-state index in [1.165, 1.54) is 56.4 Å². The van der Waals surface area contributed by atoms with Crippen molar-refractivity contribution in [2.24, 2.45) is 0 Å². The number of halogens is 1. The van der Waals surface area contributed by atoms with Gasteiger partial charge in [-0.15, -0.1) is 0 Å². The third-order valence-corrected chi connectivity index (χ3v) is 3.97. The molecule has 0 bridgehead atoms. The van der Waals surface area contributed by atoms with Gasteiger partial charge in [0, 0.05) is 30.3 Å². The third kappa shape index (κ3) is 4.39. The van der Waals surface area contributed by atoms with Gasteiger partial charge in [0.05, 0.1) is 0 Å². The SMILES string of the molecule is CCCNCc1cc(Cl)ccc1N1CCCCCC1. The van der Waals surface area contributed by atoms with Crippen LogP contribution in [-0.4, -0.2) is 19.6 Å². The minimum absolute atomic E-state index is 0.840. The van der Waals surface area contributed by atoms with Crippen LogP contribution in [0.25, 0.3) is 0 Å². The van der Waals surface area contributed by atoms with Gasteiger partial charge in [0.25, 0.3) is 0 Å². The van der Waals surface area contributed by atoms with Gasteiger partial charge in [0.1, 0.15) is 0 Å². The first-order valence-electron chi connectivity index (χ1n) is 7.55. The van der Waals surface area contributed by atoms with E-state index in [1.807, 2.05) is 6.07 Å². The molecule has 1 aliphatic heterocycles. The van der Waals surface area contributed by atoms with E-state index >= 15 is 0 Å². The lowest BCUT2D eigenvalue weighted by molar-refractivity contribution is 0.671. The molecule has 1 aromatic carbocycles. The summed E-state index contributed by atoms with van der Waals surface area (Å²) in [4.78, 5) is 2.53. The van der Waals surface area contributed by atoms with Gasteiger partial charge in [-0.2, -0.15) is 0 Å². The molecule has 106 valence electrons. The number of rotatable bonds is 5. The predicted octanol–water partition coefficient (Wildman–Crippen LogP) is 4.22. The van der Waals surface area contributed by atoms with Crippen molar-refractivity contribution in [1.82, 2.24) is 5.32 Å². The lowest BCUT2D eigenvalue weighted by atomic mass is 10.1. The second-order valence-electron chi connectivity index (χ2n) is 5.35. The second-order valence-corrected chi connectivity index (χ2v) is 5.79. The molecule has 1 aliphatic rings. The quantitative estimate of drug-likeness (QED) is 0.813. The molecule has 0 saturated carbocycles. The fourth-order valence-corrected chi connectivity index (χ4v) is 2.91. The van der Waals surface area contributed by atoms with E-state index in [4.69, 9.17) is 11.6 Å². The topological polar surface area (TPSA) is 15.3 Å². The first kappa shape index (κ1) is 14.7. The van der Waals surface area contributed by atoms with Gasteiger partial charge in [-0.3, -0.25) is 0 Å². The predicted molar refractivity (Wildman–Crippen MR) is 84.1 cm³/mol. The smallest absolute Gasteiger partial charge is 0.0412 e. The lowest BCUT2D eigenvalue weighted by Crippen LogP contribution is -2.26. The zero-order chi connectivity index (χ0) is 13.5. The Labute approximate surface area is 122 Å². The van der Waals surface area contributed by atoms with Crippen molar-refractivity contribution in [1.29, 1.82) is 0 Å². The molecule has 1 N–H and O–H groups in total. The molecule has 2 rings (SSSR count). The number of nitrogens with one attached hydrogen (secondary N) is 1. The molecule has 0 unspecified atom stereocenters. The van der Waals surface area contributed by atoms with E-state index < -0.39 is 0 Å². The molecule has 1 fully saturated rings. The molecule has 1 saturated heterocycles. The number of nitrogens with zero attached hydrogens (tertiary/aromatic N) is 1. The monoisotopic (exact) mass is 280 g/mol. The Morgan fingerprint density at radius 2 is 1.89 bits per heavy atom. The summed E-state index contributed by atoms with van der Waals surface area (Å²) in [6.07, 6.45) is 6.52. The van der Waals surface area contributed by atoms with Gasteiger partial charge >= 0.3 is 0 Å². The van der Waals surface area contributed by atoms with Crippen LogP contribution in [0.2, 0.25) is 5.02 Å². The maximum Gasteiger partial charge on any atom is 0.0412 e. The van der Waals surface area contributed by atoms with Gasteiger partial charge in [-0.1, -0.05) is 31.4 Å². The van der Waals surface area contributed by atoms with Crippen LogP contribution >= 0.6 is 11.6 Å². The molecule has 2 nitrogen and oxygen atoms in total. The molecule has 0 spiro atoms. The van der Waals surface area contributed by atoms with E-state index in [2.05, 4.69) is 29.3 Å². The van der Waals surface area contributed by atoms with Gasteiger partial charge in [0.15, 0.2) is 0 Å². The summed E-state index contributed by atoms with van der Waals surface area (Å²) in [7, 11) is 0. The molecule has 0 amide bonds. The average Bonchev–Trinajstić information content (AvgIpc) is 2.68. The Morgan fingerprint density at radius 1 is 1.16 bits per heavy atom. The Balaban J connectivity index is 2.12. The molecule has 1 aromatic rings. The third-order valence-electron chi connectivity index (χ3n) is 3.73. The van der Waals surface area contributed by atoms with Crippen molar-refractivity contribution in [3.05, 3.63) is 28.8 Å². The number of hydrogen-bond acceptors (Lipinski definition) is 2. The largest absolute Gasteiger partial charge is 0.371 e. The molecule has 1 heterocycles. The maximum absolute atomic E-state index is 6.15. The highest BCUT2D eigenvalue weighted by Crippen LogP contribution is 2.26. The van der Waals surface area contributed by atoms with Crippen molar-refractivity contribution in [3.63, 3.8) is 0 Å². The van der Waals surface area contributed by atoms with Crippen LogP contribution in [0.3, 0.4) is 0 Å². The van der Waals surface area contributed by atoms with Crippen molar-refractivity contribution >= 4 is 17.3 Å². The van der Waals surface area contributed by atoms with E-state index in [1.54, 1.807) is 0 Å². The first-order chi connectivity index (χ1) is 9.31. The highest BCUT2D eigenvalue weighted by atomic mass is 35.5. The van der Waals surface area contributed by atoms with Crippen LogP contribution in [0.1, 0.15) is 44.6 Å². The highest BCUT2D eigenvalue weighted by Gasteiger charge is 2.13. The fourth-order valence-electron chi connectivity index (χ4n) is 2.72. The summed E-state index contributed by atoms with van der Waals surface area (Å²) in [6, 6.07) is 6.33. The first-order valence-corrected chi connectivity index (χ1v) is 7.93. The summed E-state index contributed by atoms with van der Waals surface area (Å²) in [5.74, 6) is 0. The Bertz CT molecular complexity index is 384. The Hall–Kier alpha value is -0.730. The van der Waals surface area contributed by atoms with Crippen molar-refractivity contribution in [2.45, 2.75) is 45.6 Å². The number of benzene rings is 1. The molecular weight excluding hydrogens is 256 g/mol. The summed E-state index contributed by atoms with van der Waals surface area (Å²) in [6.45, 7) is 6.54. The van der Waals surface area contributed by atoms with Gasteiger partial charge in [-0.25, -0.2) is 0 Å². The molecule has 0 aromatic heterocycles. The van der Waals surface area contributed by atoms with E-state index in [9.17, 15) is 0 Å². The molecular formula is C16H25ClN2. The normalized spacial score (nSPS) is 16.4. The van der Waals surface area contributed by atoms with Crippen LogP contribution in [0, 0.1) is 0 Å². The van der Waals surface area contributed by atoms with E-state index in [-0.39, 0.29) is 0 Å². The van der Waals surface area contributed by atoms with Crippen LogP contribution in [0.5, 0.6) is 0 Å². The zero-order valence-corrected chi connectivity index (χ0v) is 12.7. The standard InChI is InChI=1S/C16H25ClN2/c1-2-9-18-13-14-12-15(17)7-8-16(14)19-10-5-3-4-6-11-19/h7-8,12,18H,2-6,9-11,13H2,1H3. The molecule has 0 aliphatic carbocycles. The van der Waals surface area contributed by atoms with Gasteiger partial charge in [0.2, 0.25) is 0 Å². The number of anilines is 1. The molecule has 0 atom stereocenters. The summed E-state index contributed by atoms with van der Waals surface area (Å²) < 4.78 is 0. The van der Waals surface area contributed by atoms with Crippen LogP contribution in [0.15, 0.2) is 18.2 Å². The summed E-state index contributed by atoms with van der Waals surface area (Å²) >= 11 is 6.15. The zero-order valence-electron chi connectivity index (χ0n) is 11.9. The Kier molecular flexibility index (Phi) is 5.99. The Morgan fingerprint density at radius 3 is 2.58 bits per heavy atom. The lowest BCUT2D eigenvalue weighted by Gasteiger charge is -2.26. The summed E-state index contributed by atoms with van der Waals surface area (Å²) in [5, 5.41) is 4.33. The molecule has 3 heteroatoms. The van der Waals surface area contributed by atoms with Crippen LogP contribution in [-0.2, 0) is 6.54 Å². The minimum atomic E-state index is 0.840. The van der Waals surface area contributed by atoms with Crippen molar-refractivity contribution in [3.8, 4) is 0 Å². The van der Waals surface area contributed by atoms with E-state index in [0.29, 0.717) is 0 Å². The second kappa shape index (κ2) is 7.76. The average molecular weight is 281 g/mol. The molecule has 19 heavy (non-hydrogen) atoms. The van der Waals surface area contributed by atoms with Crippen LogP contribution < -0.4 is 10.2 Å². The number of hydrogen-bond donors (Lipinski definition) is 1. The van der Waals surface area contributed by atoms with Crippen LogP contribution in [0.4, 0.5) is 5.69 Å².